The van der Waals surface area contributed by atoms with Crippen molar-refractivity contribution in [1.29, 1.82) is 0 Å². The second kappa shape index (κ2) is 7.80. The van der Waals surface area contributed by atoms with Crippen LogP contribution in [0.3, 0.4) is 0 Å². The molecule has 0 bridgehead atoms. The Balaban J connectivity index is 1.64. The topological polar surface area (TPSA) is 71.5 Å². The summed E-state index contributed by atoms with van der Waals surface area (Å²) < 4.78 is 34.9. The molecule has 164 valence electrons. The monoisotopic (exact) mass is 428 g/mol. The number of esters is 1. The molecular formula is C24H26F2N2O3. The quantitative estimate of drug-likeness (QED) is 0.548. The summed E-state index contributed by atoms with van der Waals surface area (Å²) in [6, 6.07) is 11.8. The minimum atomic E-state index is -3.15. The number of carbonyl (C=O) groups is 1. The van der Waals surface area contributed by atoms with Gasteiger partial charge in [-0.05, 0) is 43.0 Å². The summed E-state index contributed by atoms with van der Waals surface area (Å²) in [5, 5.41) is 9.70. The summed E-state index contributed by atoms with van der Waals surface area (Å²) >= 11 is 0. The average Bonchev–Trinajstić information content (AvgIpc) is 2.98. The summed E-state index contributed by atoms with van der Waals surface area (Å²) in [5.41, 5.74) is 3.89. The molecule has 2 fully saturated rings. The molecule has 1 aliphatic heterocycles. The summed E-state index contributed by atoms with van der Waals surface area (Å²) in [5.74, 6) is -6.33. The number of alkyl halides is 2. The van der Waals surface area contributed by atoms with E-state index in [0.717, 1.165) is 16.7 Å². The number of aryl methyl sites for hydroxylation is 1. The van der Waals surface area contributed by atoms with Crippen LogP contribution in [0.1, 0.15) is 31.5 Å². The largest absolute Gasteiger partial charge is 0.461 e. The molecular weight excluding hydrogens is 402 g/mol. The van der Waals surface area contributed by atoms with Gasteiger partial charge >= 0.3 is 5.97 Å². The van der Waals surface area contributed by atoms with Gasteiger partial charge in [0.15, 0.2) is 5.54 Å². The lowest BCUT2D eigenvalue weighted by Crippen LogP contribution is -2.64. The minimum Gasteiger partial charge on any atom is -0.461 e. The first-order valence-electron chi connectivity index (χ1n) is 10.4. The summed E-state index contributed by atoms with van der Waals surface area (Å²) in [6.07, 6.45) is 3.73. The number of benzene rings is 1. The maximum Gasteiger partial charge on any atom is 0.329 e. The first kappa shape index (κ1) is 21.6. The molecule has 2 aromatic rings. The molecule has 1 aliphatic carbocycles. The number of fused-ring (bicyclic) bond motifs is 1. The molecule has 2 aliphatic rings. The van der Waals surface area contributed by atoms with Gasteiger partial charge in [-0.2, -0.15) is 5.48 Å². The van der Waals surface area contributed by atoms with Crippen molar-refractivity contribution in [2.45, 2.75) is 44.8 Å². The van der Waals surface area contributed by atoms with Gasteiger partial charge in [-0.25, -0.2) is 13.6 Å². The van der Waals surface area contributed by atoms with Crippen LogP contribution >= 0.6 is 0 Å². The lowest BCUT2D eigenvalue weighted by molar-refractivity contribution is -0.172. The van der Waals surface area contributed by atoms with E-state index in [1.54, 1.807) is 25.3 Å². The van der Waals surface area contributed by atoms with Crippen molar-refractivity contribution in [3.8, 4) is 11.1 Å². The zero-order chi connectivity index (χ0) is 22.4. The van der Waals surface area contributed by atoms with E-state index in [1.165, 1.54) is 6.92 Å². The van der Waals surface area contributed by atoms with Gasteiger partial charge in [0.05, 0.1) is 5.69 Å². The molecule has 0 unspecified atom stereocenters. The Kier molecular flexibility index (Phi) is 5.43. The fourth-order valence-corrected chi connectivity index (χ4v) is 5.06. The molecule has 0 radical (unpaired) electrons. The maximum atomic E-state index is 14.8. The van der Waals surface area contributed by atoms with Crippen LogP contribution in [0.5, 0.6) is 0 Å². The van der Waals surface area contributed by atoms with Gasteiger partial charge in [0.1, 0.15) is 6.10 Å². The number of aromatic nitrogens is 1. The van der Waals surface area contributed by atoms with Crippen LogP contribution < -0.4 is 5.48 Å². The van der Waals surface area contributed by atoms with E-state index in [9.17, 15) is 18.8 Å². The molecule has 5 nitrogen and oxygen atoms in total. The Labute approximate surface area is 180 Å². The molecule has 1 aromatic carbocycles. The lowest BCUT2D eigenvalue weighted by atomic mass is 9.61. The van der Waals surface area contributed by atoms with Crippen LogP contribution in [0.4, 0.5) is 8.78 Å². The molecule has 1 aromatic heterocycles. The summed E-state index contributed by atoms with van der Waals surface area (Å²) in [7, 11) is 0. The van der Waals surface area contributed by atoms with Crippen LogP contribution in [0.2, 0.25) is 0 Å². The molecule has 31 heavy (non-hydrogen) atoms. The van der Waals surface area contributed by atoms with E-state index < -0.39 is 47.7 Å². The smallest absolute Gasteiger partial charge is 0.329 e. The third-order valence-corrected chi connectivity index (χ3v) is 6.84. The van der Waals surface area contributed by atoms with E-state index in [2.05, 4.69) is 4.98 Å². The van der Waals surface area contributed by atoms with Crippen LogP contribution in [-0.2, 0) is 9.53 Å². The highest BCUT2D eigenvalue weighted by Gasteiger charge is 2.68. The number of cyclic esters (lactones) is 1. The van der Waals surface area contributed by atoms with E-state index >= 15 is 0 Å². The molecule has 0 amide bonds. The lowest BCUT2D eigenvalue weighted by Gasteiger charge is -2.46. The van der Waals surface area contributed by atoms with E-state index in [0.29, 0.717) is 5.69 Å². The molecule has 4 rings (SSSR count). The van der Waals surface area contributed by atoms with Crippen molar-refractivity contribution >= 4 is 12.0 Å². The maximum absolute atomic E-state index is 14.8. The van der Waals surface area contributed by atoms with E-state index in [1.807, 2.05) is 48.8 Å². The zero-order valence-electron chi connectivity index (χ0n) is 17.7. The predicted octanol–water partition coefficient (Wildman–Crippen LogP) is 4.64. The third-order valence-electron chi connectivity index (χ3n) is 6.84. The standard InChI is InChI=1S/C24H26F2N2O3/c1-14-6-4-5-7-19(14)17-8-9-18(27-12-17)10-11-20-15(2)24(25,26)13-23(28-30)21(20)16(3)31-22(23)29/h4-12,15-16,20-21,28,30H,13H2,1-3H3/b11-10+/t15-,16+,20-,21-,23-/m0/s1. The third kappa shape index (κ3) is 3.55. The molecule has 1 saturated carbocycles. The molecule has 2 N–H and O–H groups in total. The predicted molar refractivity (Wildman–Crippen MR) is 112 cm³/mol. The number of hydrogen-bond donors (Lipinski definition) is 2. The normalized spacial score (nSPS) is 32.1. The highest BCUT2D eigenvalue weighted by molar-refractivity contribution is 5.84. The Morgan fingerprint density at radius 1 is 1.23 bits per heavy atom. The van der Waals surface area contributed by atoms with Crippen molar-refractivity contribution in [2.24, 2.45) is 17.8 Å². The fraction of sp³-hybridized carbons (Fsp3) is 0.417. The molecule has 5 atom stereocenters. The highest BCUT2D eigenvalue weighted by atomic mass is 19.3. The van der Waals surface area contributed by atoms with Gasteiger partial charge in [0, 0.05) is 30.0 Å². The van der Waals surface area contributed by atoms with Gasteiger partial charge in [-0.1, -0.05) is 43.3 Å². The van der Waals surface area contributed by atoms with Gasteiger partial charge in [-0.15, -0.1) is 0 Å². The number of hydrogen-bond acceptors (Lipinski definition) is 5. The number of carbonyl (C=O) groups excluding carboxylic acids is 1. The SMILES string of the molecule is Cc1ccccc1-c1ccc(/C=C/[C@@H]2[C@@H]3[C@@H](C)OC(=O)[C@]3(NO)CC(F)(F)[C@H]2C)nc1. The minimum absolute atomic E-state index is 0.600. The Bertz CT molecular complexity index is 1010. The van der Waals surface area contributed by atoms with Crippen LogP contribution in [-0.4, -0.2) is 33.7 Å². The van der Waals surface area contributed by atoms with Crippen molar-refractivity contribution in [3.63, 3.8) is 0 Å². The summed E-state index contributed by atoms with van der Waals surface area (Å²) in [6.45, 7) is 5.18. The summed E-state index contributed by atoms with van der Waals surface area (Å²) in [4.78, 5) is 16.8. The second-order valence-corrected chi connectivity index (χ2v) is 8.67. The number of nitrogens with zero attached hydrogens (tertiary/aromatic N) is 1. The van der Waals surface area contributed by atoms with Gasteiger partial charge in [0.2, 0.25) is 0 Å². The van der Waals surface area contributed by atoms with Crippen LogP contribution in [0.25, 0.3) is 17.2 Å². The molecule has 2 heterocycles. The van der Waals surface area contributed by atoms with Gasteiger partial charge in [-0.3, -0.25) is 4.98 Å². The van der Waals surface area contributed by atoms with Crippen molar-refractivity contribution in [1.82, 2.24) is 10.5 Å². The van der Waals surface area contributed by atoms with Crippen LogP contribution in [0, 0.1) is 24.7 Å². The number of ether oxygens (including phenoxy) is 1. The first-order chi connectivity index (χ1) is 14.7. The molecule has 7 heteroatoms. The Morgan fingerprint density at radius 3 is 2.61 bits per heavy atom. The van der Waals surface area contributed by atoms with E-state index in [4.69, 9.17) is 4.74 Å². The Hall–Kier alpha value is -2.64. The van der Waals surface area contributed by atoms with Crippen molar-refractivity contribution in [2.75, 3.05) is 0 Å². The molecule has 1 saturated heterocycles. The van der Waals surface area contributed by atoms with Gasteiger partial charge < -0.3 is 9.94 Å². The number of pyridine rings is 1. The second-order valence-electron chi connectivity index (χ2n) is 8.67. The van der Waals surface area contributed by atoms with E-state index in [-0.39, 0.29) is 0 Å². The average molecular weight is 428 g/mol. The number of rotatable bonds is 4. The van der Waals surface area contributed by atoms with Crippen molar-refractivity contribution in [3.05, 3.63) is 59.9 Å². The number of hydroxylamine groups is 1. The number of allylic oxidation sites excluding steroid dienone is 1. The first-order valence-corrected chi connectivity index (χ1v) is 10.4. The molecule has 0 spiro atoms. The number of nitrogens with one attached hydrogen (secondary N) is 1. The van der Waals surface area contributed by atoms with Crippen LogP contribution in [0.15, 0.2) is 48.7 Å². The Morgan fingerprint density at radius 2 is 1.97 bits per heavy atom. The number of halogens is 2. The fourth-order valence-electron chi connectivity index (χ4n) is 5.06. The zero-order valence-corrected chi connectivity index (χ0v) is 17.7. The van der Waals surface area contributed by atoms with Crippen molar-refractivity contribution < 1.29 is 23.5 Å². The van der Waals surface area contributed by atoms with Gasteiger partial charge in [0.25, 0.3) is 5.92 Å². The highest BCUT2D eigenvalue weighted by Crippen LogP contribution is 2.54.